The molecule has 0 unspecified atom stereocenters. The molecule has 0 aliphatic heterocycles. The molecule has 1 heterocycles. The van der Waals surface area contributed by atoms with Crippen molar-refractivity contribution in [2.75, 3.05) is 19.0 Å². The summed E-state index contributed by atoms with van der Waals surface area (Å²) >= 11 is 0. The second kappa shape index (κ2) is 6.67. The van der Waals surface area contributed by atoms with Gasteiger partial charge in [0, 0.05) is 37.4 Å². The highest BCUT2D eigenvalue weighted by molar-refractivity contribution is 5.91. The molecule has 0 atom stereocenters. The average molecular weight is 343 g/mol. The number of fused-ring (bicyclic) bond motifs is 1. The van der Waals surface area contributed by atoms with Gasteiger partial charge >= 0.3 is 6.03 Å². The molecule has 2 fully saturated rings. The molecular weight excluding hydrogens is 318 g/mol. The van der Waals surface area contributed by atoms with E-state index in [-0.39, 0.29) is 18.7 Å². The van der Waals surface area contributed by atoms with Crippen LogP contribution in [0.4, 0.5) is 10.5 Å². The topological polar surface area (TPSA) is 78.6 Å². The third kappa shape index (κ3) is 3.49. The molecule has 2 saturated carbocycles. The molecular formula is C19H25N3O3. The molecule has 0 saturated heterocycles. The number of nitrogens with zero attached hydrogens (tertiary/aromatic N) is 2. The van der Waals surface area contributed by atoms with Crippen LogP contribution in [0.15, 0.2) is 22.6 Å². The first-order valence-electron chi connectivity index (χ1n) is 9.19. The maximum Gasteiger partial charge on any atom is 0.321 e. The third-order valence-corrected chi connectivity index (χ3v) is 5.53. The first-order valence-corrected chi connectivity index (χ1v) is 9.19. The fraction of sp³-hybridized carbons (Fsp3) is 0.579. The van der Waals surface area contributed by atoms with Crippen molar-refractivity contribution in [2.24, 2.45) is 5.92 Å². The highest BCUT2D eigenvalue weighted by atomic mass is 16.3. The fourth-order valence-corrected chi connectivity index (χ4v) is 3.62. The van der Waals surface area contributed by atoms with Gasteiger partial charge in [-0.05, 0) is 56.6 Å². The van der Waals surface area contributed by atoms with Crippen molar-refractivity contribution in [3.05, 3.63) is 24.1 Å². The number of anilines is 1. The molecule has 1 aromatic carbocycles. The van der Waals surface area contributed by atoms with Gasteiger partial charge in [-0.25, -0.2) is 9.78 Å². The second-order valence-electron chi connectivity index (χ2n) is 7.41. The Hall–Kier alpha value is -2.08. The van der Waals surface area contributed by atoms with E-state index < -0.39 is 0 Å². The molecule has 0 bridgehead atoms. The average Bonchev–Trinajstić information content (AvgIpc) is 3.40. The SMILES string of the molecule is CN(C(=O)Nc1ccc2nc(C3CC3)oc2c1)C1CCC(CO)CC1. The smallest absolute Gasteiger partial charge is 0.321 e. The van der Waals surface area contributed by atoms with Crippen LogP contribution in [0.3, 0.4) is 0 Å². The van der Waals surface area contributed by atoms with Crippen molar-refractivity contribution in [1.29, 1.82) is 0 Å². The van der Waals surface area contributed by atoms with E-state index in [2.05, 4.69) is 10.3 Å². The molecule has 2 aliphatic carbocycles. The van der Waals surface area contributed by atoms with Crippen LogP contribution in [0.5, 0.6) is 0 Å². The zero-order valence-corrected chi connectivity index (χ0v) is 14.6. The van der Waals surface area contributed by atoms with Crippen LogP contribution in [0.2, 0.25) is 0 Å². The predicted octanol–water partition coefficient (Wildman–Crippen LogP) is 3.72. The van der Waals surface area contributed by atoms with Crippen molar-refractivity contribution in [2.45, 2.75) is 50.5 Å². The van der Waals surface area contributed by atoms with Crippen LogP contribution in [0.25, 0.3) is 11.1 Å². The molecule has 4 rings (SSSR count). The maximum atomic E-state index is 12.5. The molecule has 134 valence electrons. The standard InChI is InChI=1S/C19H25N3O3/c1-22(15-7-2-12(11-23)3-8-15)19(24)20-14-6-9-16-17(10-14)25-18(21-16)13-4-5-13/h6,9-10,12-13,15,23H,2-5,7-8,11H2,1H3,(H,20,24). The van der Waals surface area contributed by atoms with Crippen LogP contribution in [0.1, 0.15) is 50.3 Å². The number of benzene rings is 1. The molecule has 0 spiro atoms. The molecule has 1 aromatic heterocycles. The first kappa shape index (κ1) is 16.4. The van der Waals surface area contributed by atoms with E-state index in [1.54, 1.807) is 4.90 Å². The number of urea groups is 1. The van der Waals surface area contributed by atoms with Crippen molar-refractivity contribution in [1.82, 2.24) is 9.88 Å². The van der Waals surface area contributed by atoms with E-state index in [1.807, 2.05) is 25.2 Å². The summed E-state index contributed by atoms with van der Waals surface area (Å²) in [7, 11) is 1.84. The Labute approximate surface area is 147 Å². The lowest BCUT2D eigenvalue weighted by molar-refractivity contribution is 0.139. The number of amides is 2. The zero-order valence-electron chi connectivity index (χ0n) is 14.6. The number of hydrogen-bond acceptors (Lipinski definition) is 4. The zero-order chi connectivity index (χ0) is 17.4. The molecule has 2 aromatic rings. The lowest BCUT2D eigenvalue weighted by Crippen LogP contribution is -2.42. The van der Waals surface area contributed by atoms with Crippen molar-refractivity contribution in [3.8, 4) is 0 Å². The number of carbonyl (C=O) groups excluding carboxylic acids is 1. The van der Waals surface area contributed by atoms with Gasteiger partial charge in [0.15, 0.2) is 11.5 Å². The van der Waals surface area contributed by atoms with Gasteiger partial charge in [-0.2, -0.15) is 0 Å². The maximum absolute atomic E-state index is 12.5. The van der Waals surface area contributed by atoms with E-state index in [9.17, 15) is 9.90 Å². The van der Waals surface area contributed by atoms with Gasteiger partial charge in [-0.1, -0.05) is 0 Å². The van der Waals surface area contributed by atoms with Gasteiger partial charge in [-0.3, -0.25) is 0 Å². The molecule has 0 radical (unpaired) electrons. The summed E-state index contributed by atoms with van der Waals surface area (Å²) in [6.07, 6.45) is 6.15. The number of oxazole rings is 1. The van der Waals surface area contributed by atoms with E-state index >= 15 is 0 Å². The van der Waals surface area contributed by atoms with E-state index in [0.717, 1.165) is 61.2 Å². The quantitative estimate of drug-likeness (QED) is 0.887. The van der Waals surface area contributed by atoms with Gasteiger partial charge in [0.05, 0.1) is 0 Å². The molecule has 25 heavy (non-hydrogen) atoms. The Morgan fingerprint density at radius 3 is 2.72 bits per heavy atom. The first-order chi connectivity index (χ1) is 12.1. The number of carbonyl (C=O) groups is 1. The molecule has 6 heteroatoms. The van der Waals surface area contributed by atoms with Crippen molar-refractivity contribution < 1.29 is 14.3 Å². The number of hydrogen-bond donors (Lipinski definition) is 2. The van der Waals surface area contributed by atoms with Crippen LogP contribution in [-0.2, 0) is 0 Å². The molecule has 2 aliphatic rings. The monoisotopic (exact) mass is 343 g/mol. The van der Waals surface area contributed by atoms with Crippen molar-refractivity contribution >= 4 is 22.8 Å². The number of aliphatic hydroxyl groups is 1. The lowest BCUT2D eigenvalue weighted by Gasteiger charge is -2.34. The molecule has 2 N–H and O–H groups in total. The summed E-state index contributed by atoms with van der Waals surface area (Å²) in [5.41, 5.74) is 2.30. The van der Waals surface area contributed by atoms with Crippen LogP contribution < -0.4 is 5.32 Å². The van der Waals surface area contributed by atoms with Gasteiger partial charge in [0.2, 0.25) is 0 Å². The van der Waals surface area contributed by atoms with E-state index in [1.165, 1.54) is 0 Å². The second-order valence-corrected chi connectivity index (χ2v) is 7.41. The summed E-state index contributed by atoms with van der Waals surface area (Å²) in [6, 6.07) is 5.75. The minimum Gasteiger partial charge on any atom is -0.440 e. The number of nitrogens with one attached hydrogen (secondary N) is 1. The number of aromatic nitrogens is 1. The van der Waals surface area contributed by atoms with E-state index in [4.69, 9.17) is 4.42 Å². The summed E-state index contributed by atoms with van der Waals surface area (Å²) in [5.74, 6) is 1.68. The number of rotatable bonds is 4. The normalized spacial score (nSPS) is 23.6. The van der Waals surface area contributed by atoms with Crippen molar-refractivity contribution in [3.63, 3.8) is 0 Å². The summed E-state index contributed by atoms with van der Waals surface area (Å²) in [4.78, 5) is 18.8. The summed E-state index contributed by atoms with van der Waals surface area (Å²) in [5, 5.41) is 12.2. The Morgan fingerprint density at radius 2 is 2.04 bits per heavy atom. The fourth-order valence-electron chi connectivity index (χ4n) is 3.62. The molecule has 2 amide bonds. The largest absolute Gasteiger partial charge is 0.440 e. The number of aliphatic hydroxyl groups excluding tert-OH is 1. The van der Waals surface area contributed by atoms with Gasteiger partial charge in [-0.15, -0.1) is 0 Å². The minimum atomic E-state index is -0.103. The van der Waals surface area contributed by atoms with Crippen LogP contribution in [-0.4, -0.2) is 40.7 Å². The predicted molar refractivity (Wildman–Crippen MR) is 95.6 cm³/mol. The van der Waals surface area contributed by atoms with Crippen LogP contribution >= 0.6 is 0 Å². The van der Waals surface area contributed by atoms with Gasteiger partial charge in [0.1, 0.15) is 5.52 Å². The summed E-state index contributed by atoms with van der Waals surface area (Å²) in [6.45, 7) is 0.253. The Kier molecular flexibility index (Phi) is 4.37. The third-order valence-electron chi connectivity index (χ3n) is 5.53. The molecule has 6 nitrogen and oxygen atoms in total. The highest BCUT2D eigenvalue weighted by Crippen LogP contribution is 2.40. The lowest BCUT2D eigenvalue weighted by atomic mass is 9.86. The minimum absolute atomic E-state index is 0.103. The Morgan fingerprint density at radius 1 is 1.28 bits per heavy atom. The van der Waals surface area contributed by atoms with Gasteiger partial charge in [0.25, 0.3) is 0 Å². The van der Waals surface area contributed by atoms with Crippen LogP contribution in [0, 0.1) is 5.92 Å². The highest BCUT2D eigenvalue weighted by Gasteiger charge is 2.29. The Bertz CT molecular complexity index is 760. The van der Waals surface area contributed by atoms with Gasteiger partial charge < -0.3 is 19.7 Å². The Balaban J connectivity index is 1.40. The summed E-state index contributed by atoms with van der Waals surface area (Å²) < 4.78 is 5.82. The van der Waals surface area contributed by atoms with E-state index in [0.29, 0.717) is 11.8 Å².